The Balaban J connectivity index is 1.48. The molecule has 1 fully saturated rings. The molecule has 1 N–H and O–H groups in total. The van der Waals surface area contributed by atoms with Crippen molar-refractivity contribution >= 4 is 23.1 Å². The monoisotopic (exact) mass is 353 g/mol. The van der Waals surface area contributed by atoms with E-state index >= 15 is 0 Å². The highest BCUT2D eigenvalue weighted by atomic mass is 16.5. The second-order valence-corrected chi connectivity index (χ2v) is 6.19. The number of hydrogen-bond acceptors (Lipinski definition) is 7. The number of hydrogen-bond donors (Lipinski definition) is 1. The average Bonchev–Trinajstić information content (AvgIpc) is 3.16. The first-order valence-corrected chi connectivity index (χ1v) is 8.49. The van der Waals surface area contributed by atoms with Crippen LogP contribution < -0.4 is 15.0 Å². The van der Waals surface area contributed by atoms with Crippen LogP contribution in [0, 0.1) is 5.92 Å². The van der Waals surface area contributed by atoms with Gasteiger partial charge < -0.3 is 15.0 Å². The molecule has 1 atom stereocenters. The number of nitrogens with zero attached hydrogens (tertiary/aromatic N) is 6. The Kier molecular flexibility index (Phi) is 4.34. The zero-order chi connectivity index (χ0) is 17.9. The summed E-state index contributed by atoms with van der Waals surface area (Å²) in [5.41, 5.74) is 1.28. The molecule has 3 aromatic rings. The number of benzene rings is 1. The molecule has 26 heavy (non-hydrogen) atoms. The minimum absolute atomic E-state index is 0.0114. The Hall–Kier alpha value is -3.23. The lowest BCUT2D eigenvalue weighted by atomic mass is 9.97. The van der Waals surface area contributed by atoms with E-state index in [9.17, 15) is 4.79 Å². The normalized spacial score (nSPS) is 17.3. The first kappa shape index (κ1) is 16.2. The summed E-state index contributed by atoms with van der Waals surface area (Å²) < 4.78 is 6.70. The first-order chi connectivity index (χ1) is 12.7. The van der Waals surface area contributed by atoms with E-state index < -0.39 is 0 Å². The smallest absolute Gasteiger partial charge is 0.229 e. The summed E-state index contributed by atoms with van der Waals surface area (Å²) >= 11 is 0. The van der Waals surface area contributed by atoms with Crippen LogP contribution in [0.25, 0.3) is 5.65 Å². The number of carbonyl (C=O) groups excluding carboxylic acids is 1. The minimum Gasteiger partial charge on any atom is -0.495 e. The van der Waals surface area contributed by atoms with Gasteiger partial charge in [0.05, 0.1) is 18.7 Å². The molecule has 1 aliphatic rings. The van der Waals surface area contributed by atoms with E-state index in [1.54, 1.807) is 7.11 Å². The first-order valence-electron chi connectivity index (χ1n) is 8.49. The SMILES string of the molecule is COc1ccccc1NC(=O)[C@H]1CCCN(c2ccc3nnnn3n2)C1. The average molecular weight is 353 g/mol. The molecule has 0 radical (unpaired) electrons. The molecule has 1 amide bonds. The molecule has 9 nitrogen and oxygen atoms in total. The number of tetrazole rings is 1. The summed E-state index contributed by atoms with van der Waals surface area (Å²) in [6.45, 7) is 1.45. The highest BCUT2D eigenvalue weighted by molar-refractivity contribution is 5.94. The third-order valence-corrected chi connectivity index (χ3v) is 4.54. The molecule has 0 spiro atoms. The summed E-state index contributed by atoms with van der Waals surface area (Å²) in [6, 6.07) is 11.1. The van der Waals surface area contributed by atoms with Crippen LogP contribution in [0.5, 0.6) is 5.75 Å². The topological polar surface area (TPSA) is 97.5 Å². The number of amides is 1. The lowest BCUT2D eigenvalue weighted by Gasteiger charge is -2.32. The van der Waals surface area contributed by atoms with Crippen LogP contribution in [0.4, 0.5) is 11.5 Å². The van der Waals surface area contributed by atoms with Crippen molar-refractivity contribution in [3.8, 4) is 5.75 Å². The zero-order valence-electron chi connectivity index (χ0n) is 14.4. The summed E-state index contributed by atoms with van der Waals surface area (Å²) in [5, 5.41) is 18.7. The molecule has 2 aromatic heterocycles. The number of rotatable bonds is 4. The van der Waals surface area contributed by atoms with Crippen molar-refractivity contribution in [1.82, 2.24) is 25.3 Å². The van der Waals surface area contributed by atoms with Gasteiger partial charge in [0.2, 0.25) is 5.91 Å². The fourth-order valence-electron chi connectivity index (χ4n) is 3.19. The van der Waals surface area contributed by atoms with Crippen molar-refractivity contribution in [3.63, 3.8) is 0 Å². The highest BCUT2D eigenvalue weighted by Gasteiger charge is 2.27. The van der Waals surface area contributed by atoms with Gasteiger partial charge in [0.1, 0.15) is 5.75 Å². The van der Waals surface area contributed by atoms with Gasteiger partial charge in [0, 0.05) is 13.1 Å². The number of fused-ring (bicyclic) bond motifs is 1. The summed E-state index contributed by atoms with van der Waals surface area (Å²) in [5.74, 6) is 1.28. The van der Waals surface area contributed by atoms with Gasteiger partial charge >= 0.3 is 0 Å². The standard InChI is InChI=1S/C17H19N7O2/c1-26-14-7-3-2-6-13(14)18-17(25)12-5-4-10-23(11-12)16-9-8-15-19-21-22-24(15)20-16/h2-3,6-9,12H,4-5,10-11H2,1H3,(H,18,25)/t12-/m0/s1. The molecule has 0 saturated carbocycles. The van der Waals surface area contributed by atoms with E-state index in [1.165, 1.54) is 4.63 Å². The van der Waals surface area contributed by atoms with Gasteiger partial charge in [-0.2, -0.15) is 0 Å². The molecule has 0 aliphatic carbocycles. The number of piperidine rings is 1. The molecule has 9 heteroatoms. The van der Waals surface area contributed by atoms with Gasteiger partial charge in [0.25, 0.3) is 0 Å². The Bertz CT molecular complexity index is 926. The summed E-state index contributed by atoms with van der Waals surface area (Å²) in [6.07, 6.45) is 1.75. The maximum absolute atomic E-state index is 12.7. The number of para-hydroxylation sites is 2. The van der Waals surface area contributed by atoms with Gasteiger partial charge in [-0.15, -0.1) is 14.8 Å². The second-order valence-electron chi connectivity index (χ2n) is 6.19. The number of nitrogens with one attached hydrogen (secondary N) is 1. The molecule has 0 unspecified atom stereocenters. The van der Waals surface area contributed by atoms with E-state index in [1.807, 2.05) is 36.4 Å². The van der Waals surface area contributed by atoms with E-state index in [0.717, 1.165) is 25.2 Å². The molecule has 134 valence electrons. The van der Waals surface area contributed by atoms with Crippen LogP contribution in [-0.4, -0.2) is 51.4 Å². The van der Waals surface area contributed by atoms with Gasteiger partial charge in [-0.25, -0.2) is 0 Å². The third kappa shape index (κ3) is 3.15. The second kappa shape index (κ2) is 6.95. The van der Waals surface area contributed by atoms with Crippen molar-refractivity contribution in [1.29, 1.82) is 0 Å². The predicted octanol–water partition coefficient (Wildman–Crippen LogP) is 1.38. The van der Waals surface area contributed by atoms with Crippen LogP contribution in [0.3, 0.4) is 0 Å². The van der Waals surface area contributed by atoms with E-state index in [4.69, 9.17) is 4.74 Å². The fourth-order valence-corrected chi connectivity index (χ4v) is 3.19. The Labute approximate surface area is 149 Å². The van der Waals surface area contributed by atoms with Crippen molar-refractivity contribution in [2.24, 2.45) is 5.92 Å². The van der Waals surface area contributed by atoms with Crippen LogP contribution in [0.2, 0.25) is 0 Å². The van der Waals surface area contributed by atoms with Gasteiger partial charge in [-0.05, 0) is 47.5 Å². The van der Waals surface area contributed by atoms with Gasteiger partial charge in [-0.1, -0.05) is 12.1 Å². The van der Waals surface area contributed by atoms with Gasteiger partial charge in [-0.3, -0.25) is 4.79 Å². The number of methoxy groups -OCH3 is 1. The zero-order valence-corrected chi connectivity index (χ0v) is 14.4. The predicted molar refractivity (Wildman–Crippen MR) is 95.1 cm³/mol. The molecule has 1 aliphatic heterocycles. The molecule has 1 aromatic carbocycles. The molecular formula is C17H19N7O2. The minimum atomic E-state index is -0.125. The number of carbonyl (C=O) groups is 1. The highest BCUT2D eigenvalue weighted by Crippen LogP contribution is 2.26. The Morgan fingerprint density at radius 1 is 1.27 bits per heavy atom. The van der Waals surface area contributed by atoms with Crippen molar-refractivity contribution in [2.45, 2.75) is 12.8 Å². The van der Waals surface area contributed by atoms with E-state index in [2.05, 4.69) is 30.8 Å². The van der Waals surface area contributed by atoms with E-state index in [-0.39, 0.29) is 11.8 Å². The number of aromatic nitrogens is 5. The van der Waals surface area contributed by atoms with Crippen molar-refractivity contribution in [2.75, 3.05) is 30.4 Å². The molecule has 1 saturated heterocycles. The third-order valence-electron chi connectivity index (χ3n) is 4.54. The number of ether oxygens (including phenoxy) is 1. The van der Waals surface area contributed by atoms with Gasteiger partial charge in [0.15, 0.2) is 11.5 Å². The largest absolute Gasteiger partial charge is 0.495 e. The van der Waals surface area contributed by atoms with Crippen LogP contribution in [-0.2, 0) is 4.79 Å². The molecular weight excluding hydrogens is 334 g/mol. The molecule has 0 bridgehead atoms. The Morgan fingerprint density at radius 2 is 2.15 bits per heavy atom. The summed E-state index contributed by atoms with van der Waals surface area (Å²) in [7, 11) is 1.59. The van der Waals surface area contributed by atoms with Crippen LogP contribution in [0.15, 0.2) is 36.4 Å². The maximum atomic E-state index is 12.7. The van der Waals surface area contributed by atoms with Crippen LogP contribution in [0.1, 0.15) is 12.8 Å². The lowest BCUT2D eigenvalue weighted by molar-refractivity contribution is -0.120. The van der Waals surface area contributed by atoms with Crippen molar-refractivity contribution in [3.05, 3.63) is 36.4 Å². The lowest BCUT2D eigenvalue weighted by Crippen LogP contribution is -2.41. The van der Waals surface area contributed by atoms with E-state index in [0.29, 0.717) is 23.6 Å². The fraction of sp³-hybridized carbons (Fsp3) is 0.353. The maximum Gasteiger partial charge on any atom is 0.229 e. The Morgan fingerprint density at radius 3 is 3.04 bits per heavy atom. The van der Waals surface area contributed by atoms with Crippen molar-refractivity contribution < 1.29 is 9.53 Å². The molecule has 4 rings (SSSR count). The van der Waals surface area contributed by atoms with Crippen LogP contribution >= 0.6 is 0 Å². The molecule has 3 heterocycles. The number of anilines is 2. The quantitative estimate of drug-likeness (QED) is 0.757. The summed E-state index contributed by atoms with van der Waals surface area (Å²) in [4.78, 5) is 14.8.